The van der Waals surface area contributed by atoms with Gasteiger partial charge in [0.05, 0.1) is 0 Å². The summed E-state index contributed by atoms with van der Waals surface area (Å²) in [5.41, 5.74) is 7.76. The van der Waals surface area contributed by atoms with Crippen LogP contribution in [-0.2, 0) is 6.54 Å². The molecule has 0 saturated heterocycles. The number of amides is 1. The molecule has 0 spiro atoms. The summed E-state index contributed by atoms with van der Waals surface area (Å²) >= 11 is 0. The summed E-state index contributed by atoms with van der Waals surface area (Å²) in [4.78, 5) is 13.7. The summed E-state index contributed by atoms with van der Waals surface area (Å²) in [6.07, 6.45) is 0. The zero-order chi connectivity index (χ0) is 15.6. The van der Waals surface area contributed by atoms with Crippen molar-refractivity contribution in [2.75, 3.05) is 12.8 Å². The first kappa shape index (κ1) is 15.0. The van der Waals surface area contributed by atoms with E-state index in [1.54, 1.807) is 32.2 Å². The van der Waals surface area contributed by atoms with E-state index < -0.39 is 11.6 Å². The number of carbonyl (C=O) groups excluding carboxylic acids is 1. The summed E-state index contributed by atoms with van der Waals surface area (Å²) < 4.78 is 26.5. The van der Waals surface area contributed by atoms with Crippen molar-refractivity contribution < 1.29 is 13.6 Å². The van der Waals surface area contributed by atoms with Gasteiger partial charge in [-0.15, -0.1) is 0 Å². The molecular formula is C16H16F2N2O. The van der Waals surface area contributed by atoms with Gasteiger partial charge >= 0.3 is 0 Å². The van der Waals surface area contributed by atoms with Crippen LogP contribution in [0.25, 0.3) is 0 Å². The molecule has 0 aliphatic heterocycles. The minimum Gasteiger partial charge on any atom is -0.399 e. The summed E-state index contributed by atoms with van der Waals surface area (Å²) in [5.74, 6) is -1.54. The molecule has 2 rings (SSSR count). The molecule has 0 unspecified atom stereocenters. The van der Waals surface area contributed by atoms with Crippen LogP contribution in [0.3, 0.4) is 0 Å². The largest absolute Gasteiger partial charge is 0.399 e. The number of anilines is 1. The van der Waals surface area contributed by atoms with Crippen molar-refractivity contribution in [3.05, 3.63) is 64.7 Å². The molecule has 0 heterocycles. The second kappa shape index (κ2) is 5.91. The molecule has 110 valence electrons. The number of carbonyl (C=O) groups is 1. The summed E-state index contributed by atoms with van der Waals surface area (Å²) in [7, 11) is 1.57. The maximum atomic E-state index is 13.6. The molecule has 3 nitrogen and oxygen atoms in total. The Kier molecular flexibility index (Phi) is 4.21. The van der Waals surface area contributed by atoms with Crippen molar-refractivity contribution in [2.45, 2.75) is 13.5 Å². The lowest BCUT2D eigenvalue weighted by Gasteiger charge is -2.19. The standard InChI is InChI=1S/C16H16F2N2O/c1-10-7-13(19)5-6-14(10)16(21)20(2)9-11-3-4-12(17)8-15(11)18/h3-8H,9,19H2,1-2H3. The highest BCUT2D eigenvalue weighted by atomic mass is 19.1. The van der Waals surface area contributed by atoms with E-state index in [1.165, 1.54) is 17.0 Å². The van der Waals surface area contributed by atoms with E-state index in [4.69, 9.17) is 5.73 Å². The van der Waals surface area contributed by atoms with Gasteiger partial charge in [-0.1, -0.05) is 6.07 Å². The van der Waals surface area contributed by atoms with Crippen molar-refractivity contribution in [1.29, 1.82) is 0 Å². The Bertz CT molecular complexity index is 686. The molecule has 0 aromatic heterocycles. The van der Waals surface area contributed by atoms with Gasteiger partial charge in [0.1, 0.15) is 11.6 Å². The molecule has 2 N–H and O–H groups in total. The average molecular weight is 290 g/mol. The first-order chi connectivity index (χ1) is 9.88. The minimum absolute atomic E-state index is 0.0642. The first-order valence-corrected chi connectivity index (χ1v) is 6.44. The second-order valence-electron chi connectivity index (χ2n) is 4.97. The number of nitrogens with two attached hydrogens (primary N) is 1. The molecule has 0 aliphatic rings. The Hall–Kier alpha value is -2.43. The van der Waals surface area contributed by atoms with Gasteiger partial charge < -0.3 is 10.6 Å². The van der Waals surface area contributed by atoms with E-state index in [0.29, 0.717) is 11.3 Å². The van der Waals surface area contributed by atoms with E-state index >= 15 is 0 Å². The molecule has 0 aliphatic carbocycles. The lowest BCUT2D eigenvalue weighted by molar-refractivity contribution is 0.0783. The maximum absolute atomic E-state index is 13.6. The molecule has 0 bridgehead atoms. The van der Waals surface area contributed by atoms with Gasteiger partial charge in [0.2, 0.25) is 0 Å². The number of nitrogens with zero attached hydrogens (tertiary/aromatic N) is 1. The van der Waals surface area contributed by atoms with Crippen molar-refractivity contribution in [2.24, 2.45) is 0 Å². The van der Waals surface area contributed by atoms with Gasteiger partial charge in [-0.3, -0.25) is 4.79 Å². The normalized spacial score (nSPS) is 10.5. The number of rotatable bonds is 3. The second-order valence-corrected chi connectivity index (χ2v) is 4.97. The van der Waals surface area contributed by atoms with Crippen LogP contribution < -0.4 is 5.73 Å². The Morgan fingerprint density at radius 3 is 2.52 bits per heavy atom. The highest BCUT2D eigenvalue weighted by molar-refractivity contribution is 5.95. The van der Waals surface area contributed by atoms with Crippen LogP contribution in [-0.4, -0.2) is 17.9 Å². The number of hydrogen-bond acceptors (Lipinski definition) is 2. The molecule has 21 heavy (non-hydrogen) atoms. The van der Waals surface area contributed by atoms with Crippen molar-refractivity contribution in [3.8, 4) is 0 Å². The summed E-state index contributed by atoms with van der Waals surface area (Å²) in [6.45, 7) is 1.85. The molecule has 0 radical (unpaired) electrons. The molecule has 5 heteroatoms. The highest BCUT2D eigenvalue weighted by Crippen LogP contribution is 2.17. The number of hydrogen-bond donors (Lipinski definition) is 1. The number of benzene rings is 2. The number of halogens is 2. The minimum atomic E-state index is -0.663. The predicted octanol–water partition coefficient (Wildman–Crippen LogP) is 3.13. The van der Waals surface area contributed by atoms with Crippen LogP contribution in [0, 0.1) is 18.6 Å². The molecule has 0 atom stereocenters. The van der Waals surface area contributed by atoms with E-state index in [1.807, 2.05) is 0 Å². The van der Waals surface area contributed by atoms with Crippen LogP contribution in [0.4, 0.5) is 14.5 Å². The van der Waals surface area contributed by atoms with Crippen LogP contribution >= 0.6 is 0 Å². The number of aryl methyl sites for hydroxylation is 1. The molecule has 2 aromatic rings. The SMILES string of the molecule is Cc1cc(N)ccc1C(=O)N(C)Cc1ccc(F)cc1F. The first-order valence-electron chi connectivity index (χ1n) is 6.44. The van der Waals surface area contributed by atoms with E-state index in [2.05, 4.69) is 0 Å². The van der Waals surface area contributed by atoms with E-state index in [-0.39, 0.29) is 18.0 Å². The summed E-state index contributed by atoms with van der Waals surface area (Å²) in [6, 6.07) is 8.31. The van der Waals surface area contributed by atoms with Crippen molar-refractivity contribution >= 4 is 11.6 Å². The van der Waals surface area contributed by atoms with Gasteiger partial charge in [-0.05, 0) is 36.8 Å². The predicted molar refractivity (Wildman–Crippen MR) is 77.7 cm³/mol. The fraction of sp³-hybridized carbons (Fsp3) is 0.188. The van der Waals surface area contributed by atoms with Crippen molar-refractivity contribution in [1.82, 2.24) is 4.90 Å². The third-order valence-corrected chi connectivity index (χ3v) is 3.25. The average Bonchev–Trinajstić information content (AvgIpc) is 2.41. The zero-order valence-electron chi connectivity index (χ0n) is 11.9. The lowest BCUT2D eigenvalue weighted by Crippen LogP contribution is -2.27. The van der Waals surface area contributed by atoms with Crippen LogP contribution in [0.2, 0.25) is 0 Å². The fourth-order valence-electron chi connectivity index (χ4n) is 2.11. The third-order valence-electron chi connectivity index (χ3n) is 3.25. The van der Waals surface area contributed by atoms with Crippen molar-refractivity contribution in [3.63, 3.8) is 0 Å². The molecule has 0 fully saturated rings. The Morgan fingerprint density at radius 2 is 1.90 bits per heavy atom. The fourth-order valence-corrected chi connectivity index (χ4v) is 2.11. The van der Waals surface area contributed by atoms with Gasteiger partial charge in [0.25, 0.3) is 5.91 Å². The topological polar surface area (TPSA) is 46.3 Å². The van der Waals surface area contributed by atoms with Crippen LogP contribution in [0.15, 0.2) is 36.4 Å². The van der Waals surface area contributed by atoms with Crippen LogP contribution in [0.1, 0.15) is 21.5 Å². The lowest BCUT2D eigenvalue weighted by atomic mass is 10.1. The Labute approximate surface area is 122 Å². The Balaban J connectivity index is 2.19. The van der Waals surface area contributed by atoms with Gasteiger partial charge in [0.15, 0.2) is 0 Å². The van der Waals surface area contributed by atoms with E-state index in [0.717, 1.165) is 11.6 Å². The molecular weight excluding hydrogens is 274 g/mol. The number of nitrogen functional groups attached to an aromatic ring is 1. The quantitative estimate of drug-likeness (QED) is 0.883. The monoisotopic (exact) mass is 290 g/mol. The smallest absolute Gasteiger partial charge is 0.254 e. The van der Waals surface area contributed by atoms with Gasteiger partial charge in [-0.2, -0.15) is 0 Å². The third kappa shape index (κ3) is 3.37. The molecule has 1 amide bonds. The van der Waals surface area contributed by atoms with Crippen LogP contribution in [0.5, 0.6) is 0 Å². The summed E-state index contributed by atoms with van der Waals surface area (Å²) in [5, 5.41) is 0. The Morgan fingerprint density at radius 1 is 1.19 bits per heavy atom. The molecule has 0 saturated carbocycles. The molecule has 2 aromatic carbocycles. The zero-order valence-corrected chi connectivity index (χ0v) is 11.9. The highest BCUT2D eigenvalue weighted by Gasteiger charge is 2.16. The van der Waals surface area contributed by atoms with E-state index in [9.17, 15) is 13.6 Å². The van der Waals surface area contributed by atoms with Gasteiger partial charge in [-0.25, -0.2) is 8.78 Å². The van der Waals surface area contributed by atoms with Gasteiger partial charge in [0, 0.05) is 36.5 Å². The maximum Gasteiger partial charge on any atom is 0.254 e.